The van der Waals surface area contributed by atoms with Gasteiger partial charge in [0, 0.05) is 23.2 Å². The van der Waals surface area contributed by atoms with Crippen molar-refractivity contribution in [3.05, 3.63) is 47.4 Å². The van der Waals surface area contributed by atoms with Gasteiger partial charge in [0.25, 0.3) is 0 Å². The van der Waals surface area contributed by atoms with Crippen LogP contribution >= 0.6 is 0 Å². The van der Waals surface area contributed by atoms with Crippen LogP contribution in [0.1, 0.15) is 43.4 Å². The molecule has 1 aromatic carbocycles. The van der Waals surface area contributed by atoms with Gasteiger partial charge in [-0.15, -0.1) is 0 Å². The molecule has 0 unspecified atom stereocenters. The fraction of sp³-hybridized carbons (Fsp3) is 0.444. The highest BCUT2D eigenvalue weighted by molar-refractivity contribution is 5.91. The maximum absolute atomic E-state index is 13.8. The number of nitrogens with zero attached hydrogens (tertiary/aromatic N) is 2. The first-order valence-electron chi connectivity index (χ1n) is 8.22. The first-order valence-corrected chi connectivity index (χ1v) is 8.22. The Bertz CT molecular complexity index is 689. The summed E-state index contributed by atoms with van der Waals surface area (Å²) in [6.45, 7) is 2.27. The van der Waals surface area contributed by atoms with Crippen molar-refractivity contribution in [3.8, 4) is 0 Å². The van der Waals surface area contributed by atoms with Gasteiger partial charge in [0.15, 0.2) is 5.82 Å². The lowest BCUT2D eigenvalue weighted by Gasteiger charge is -2.19. The third-order valence-corrected chi connectivity index (χ3v) is 4.49. The van der Waals surface area contributed by atoms with Crippen molar-refractivity contribution < 1.29 is 9.18 Å². The molecule has 1 amide bonds. The standard InChI is InChI=1S/C18H22FN3O/c1-13-11-17(20-18(23)14-7-3-2-4-8-14)21-22(13)12-15-9-5-6-10-16(15)19/h5-6,9-11,14H,2-4,7-8,12H2,1H3,(H,20,21,23). The fourth-order valence-electron chi connectivity index (χ4n) is 3.11. The summed E-state index contributed by atoms with van der Waals surface area (Å²) in [7, 11) is 0. The zero-order chi connectivity index (χ0) is 16.2. The number of hydrogen-bond donors (Lipinski definition) is 1. The van der Waals surface area contributed by atoms with Crippen LogP contribution < -0.4 is 5.32 Å². The summed E-state index contributed by atoms with van der Waals surface area (Å²) in [6, 6.07) is 8.51. The minimum atomic E-state index is -0.241. The average Bonchev–Trinajstić information content (AvgIpc) is 2.90. The van der Waals surface area contributed by atoms with Gasteiger partial charge in [0.05, 0.1) is 6.54 Å². The van der Waals surface area contributed by atoms with Crippen LogP contribution in [0, 0.1) is 18.7 Å². The maximum Gasteiger partial charge on any atom is 0.228 e. The normalized spacial score (nSPS) is 15.6. The van der Waals surface area contributed by atoms with Crippen LogP contribution in [0.25, 0.3) is 0 Å². The van der Waals surface area contributed by atoms with E-state index < -0.39 is 0 Å². The minimum absolute atomic E-state index is 0.0558. The highest BCUT2D eigenvalue weighted by atomic mass is 19.1. The first-order chi connectivity index (χ1) is 11.1. The monoisotopic (exact) mass is 315 g/mol. The van der Waals surface area contributed by atoms with Crippen molar-refractivity contribution in [2.24, 2.45) is 5.92 Å². The molecular formula is C18H22FN3O. The van der Waals surface area contributed by atoms with Gasteiger partial charge in [-0.25, -0.2) is 4.39 Å². The summed E-state index contributed by atoms with van der Waals surface area (Å²) in [5.41, 5.74) is 1.48. The number of nitrogens with one attached hydrogen (secondary N) is 1. The average molecular weight is 315 g/mol. The second kappa shape index (κ2) is 6.94. The van der Waals surface area contributed by atoms with Crippen molar-refractivity contribution in [2.45, 2.75) is 45.6 Å². The summed E-state index contributed by atoms with van der Waals surface area (Å²) in [4.78, 5) is 12.3. The molecule has 3 rings (SSSR count). The van der Waals surface area contributed by atoms with Gasteiger partial charge < -0.3 is 5.32 Å². The summed E-state index contributed by atoms with van der Waals surface area (Å²) in [5, 5.41) is 7.31. The van der Waals surface area contributed by atoms with E-state index in [1.54, 1.807) is 16.8 Å². The Labute approximate surface area is 135 Å². The maximum atomic E-state index is 13.8. The van der Waals surface area contributed by atoms with Gasteiger partial charge in [0.1, 0.15) is 5.82 Å². The Morgan fingerprint density at radius 2 is 2.04 bits per heavy atom. The van der Waals surface area contributed by atoms with Gasteiger partial charge >= 0.3 is 0 Å². The molecule has 1 aromatic heterocycles. The van der Waals surface area contributed by atoms with E-state index in [9.17, 15) is 9.18 Å². The number of benzene rings is 1. The van der Waals surface area contributed by atoms with E-state index in [2.05, 4.69) is 10.4 Å². The molecule has 122 valence electrons. The van der Waals surface area contributed by atoms with E-state index in [0.29, 0.717) is 17.9 Å². The number of hydrogen-bond acceptors (Lipinski definition) is 2. The summed E-state index contributed by atoms with van der Waals surface area (Å²) < 4.78 is 15.5. The summed E-state index contributed by atoms with van der Waals surface area (Å²) in [6.07, 6.45) is 5.39. The Morgan fingerprint density at radius 3 is 2.78 bits per heavy atom. The lowest BCUT2D eigenvalue weighted by atomic mass is 9.89. The number of carbonyl (C=O) groups is 1. The SMILES string of the molecule is Cc1cc(NC(=O)C2CCCCC2)nn1Cc1ccccc1F. The molecule has 0 radical (unpaired) electrons. The molecule has 23 heavy (non-hydrogen) atoms. The van der Waals surface area contributed by atoms with Crippen molar-refractivity contribution >= 4 is 11.7 Å². The van der Waals surface area contributed by atoms with Crippen molar-refractivity contribution in [1.29, 1.82) is 0 Å². The topological polar surface area (TPSA) is 46.9 Å². The van der Waals surface area contributed by atoms with Crippen LogP contribution in [0.4, 0.5) is 10.2 Å². The molecule has 1 saturated carbocycles. The summed E-state index contributed by atoms with van der Waals surface area (Å²) >= 11 is 0. The van der Waals surface area contributed by atoms with Crippen LogP contribution in [0.3, 0.4) is 0 Å². The third kappa shape index (κ3) is 3.78. The molecule has 0 aliphatic heterocycles. The smallest absolute Gasteiger partial charge is 0.228 e. The second-order valence-corrected chi connectivity index (χ2v) is 6.24. The predicted molar refractivity (Wildman–Crippen MR) is 87.7 cm³/mol. The van der Waals surface area contributed by atoms with E-state index >= 15 is 0 Å². The Balaban J connectivity index is 1.68. The lowest BCUT2D eigenvalue weighted by molar-refractivity contribution is -0.120. The number of rotatable bonds is 4. The molecule has 1 fully saturated rings. The molecule has 5 heteroatoms. The van der Waals surface area contributed by atoms with Crippen LogP contribution in [0.5, 0.6) is 0 Å². The van der Waals surface area contributed by atoms with Crippen molar-refractivity contribution in [1.82, 2.24) is 9.78 Å². The van der Waals surface area contributed by atoms with E-state index in [1.165, 1.54) is 12.5 Å². The van der Waals surface area contributed by atoms with E-state index in [-0.39, 0.29) is 17.6 Å². The molecule has 1 aliphatic rings. The predicted octanol–water partition coefficient (Wildman–Crippen LogP) is 3.90. The van der Waals surface area contributed by atoms with Crippen molar-refractivity contribution in [3.63, 3.8) is 0 Å². The highest BCUT2D eigenvalue weighted by Gasteiger charge is 2.22. The number of halogens is 1. The van der Waals surface area contributed by atoms with Gasteiger partial charge in [-0.05, 0) is 25.8 Å². The molecule has 1 heterocycles. The number of aromatic nitrogens is 2. The van der Waals surface area contributed by atoms with Crippen LogP contribution in [0.2, 0.25) is 0 Å². The molecular weight excluding hydrogens is 293 g/mol. The minimum Gasteiger partial charge on any atom is -0.309 e. The molecule has 1 aliphatic carbocycles. The molecule has 4 nitrogen and oxygen atoms in total. The zero-order valence-electron chi connectivity index (χ0n) is 13.4. The van der Waals surface area contributed by atoms with E-state index in [4.69, 9.17) is 0 Å². The molecule has 0 spiro atoms. The second-order valence-electron chi connectivity index (χ2n) is 6.24. The highest BCUT2D eigenvalue weighted by Crippen LogP contribution is 2.25. The summed E-state index contributed by atoms with van der Waals surface area (Å²) in [5.74, 6) is 0.464. The zero-order valence-corrected chi connectivity index (χ0v) is 13.4. The quantitative estimate of drug-likeness (QED) is 0.930. The van der Waals surface area contributed by atoms with Gasteiger partial charge in [-0.2, -0.15) is 5.10 Å². The van der Waals surface area contributed by atoms with Gasteiger partial charge in [0.2, 0.25) is 5.91 Å². The van der Waals surface area contributed by atoms with Crippen LogP contribution in [-0.4, -0.2) is 15.7 Å². The Hall–Kier alpha value is -2.17. The lowest BCUT2D eigenvalue weighted by Crippen LogP contribution is -2.25. The molecule has 2 aromatic rings. The number of carbonyl (C=O) groups excluding carboxylic acids is 1. The first kappa shape index (κ1) is 15.7. The Morgan fingerprint density at radius 1 is 1.30 bits per heavy atom. The van der Waals surface area contributed by atoms with Crippen molar-refractivity contribution in [2.75, 3.05) is 5.32 Å². The molecule has 1 N–H and O–H groups in total. The van der Waals surface area contributed by atoms with Gasteiger partial charge in [-0.1, -0.05) is 37.5 Å². The third-order valence-electron chi connectivity index (χ3n) is 4.49. The van der Waals surface area contributed by atoms with E-state index in [1.807, 2.05) is 19.1 Å². The largest absolute Gasteiger partial charge is 0.309 e. The number of amides is 1. The fourth-order valence-corrected chi connectivity index (χ4v) is 3.11. The number of aryl methyl sites for hydroxylation is 1. The molecule has 0 bridgehead atoms. The van der Waals surface area contributed by atoms with E-state index in [0.717, 1.165) is 31.4 Å². The number of anilines is 1. The molecule has 0 saturated heterocycles. The van der Waals surface area contributed by atoms with Crippen LogP contribution in [0.15, 0.2) is 30.3 Å². The Kier molecular flexibility index (Phi) is 4.74. The van der Waals surface area contributed by atoms with Crippen LogP contribution in [-0.2, 0) is 11.3 Å². The molecule has 0 atom stereocenters. The van der Waals surface area contributed by atoms with Gasteiger partial charge in [-0.3, -0.25) is 9.48 Å².